The van der Waals surface area contributed by atoms with Crippen LogP contribution in [0.1, 0.15) is 0 Å². The van der Waals surface area contributed by atoms with E-state index in [4.69, 9.17) is 11.5 Å². The Morgan fingerprint density at radius 1 is 1.11 bits per heavy atom. The molecule has 0 spiro atoms. The highest BCUT2D eigenvalue weighted by Gasteiger charge is 1.91. The van der Waals surface area contributed by atoms with Gasteiger partial charge in [-0.25, -0.2) is 0 Å². The van der Waals surface area contributed by atoms with Crippen molar-refractivity contribution in [3.05, 3.63) is 0 Å². The van der Waals surface area contributed by atoms with Gasteiger partial charge in [-0.05, 0) is 0 Å². The average Bonchev–Trinajstić information content (AvgIpc) is 1.63. The quantitative estimate of drug-likeness (QED) is 0.508. The summed E-state index contributed by atoms with van der Waals surface area (Å²) in [6.45, 7) is 0. The molecule has 0 aromatic carbocycles. The van der Waals surface area contributed by atoms with Crippen molar-refractivity contribution >= 4 is 56.6 Å². The fourth-order valence-corrected chi connectivity index (χ4v) is 2.18. The van der Waals surface area contributed by atoms with Crippen molar-refractivity contribution in [2.75, 3.05) is 5.08 Å². The second kappa shape index (κ2) is 5.28. The van der Waals surface area contributed by atoms with Gasteiger partial charge in [-0.2, -0.15) is 0 Å². The monoisotopic (exact) mass is 198 g/mol. The van der Waals surface area contributed by atoms with Gasteiger partial charge in [0.2, 0.25) is 0 Å². The normalized spacial score (nSPS) is 8.89. The molecule has 0 fully saturated rings. The Morgan fingerprint density at radius 3 is 1.67 bits per heavy atom. The molecule has 0 saturated heterocycles. The van der Waals surface area contributed by atoms with Crippen LogP contribution in [0.2, 0.25) is 0 Å². The van der Waals surface area contributed by atoms with Crippen LogP contribution in [-0.4, -0.2) is 13.7 Å². The number of thioether (sulfide) groups is 2. The van der Waals surface area contributed by atoms with Crippen LogP contribution in [0.15, 0.2) is 0 Å². The Hall–Kier alpha value is 0.480. The summed E-state index contributed by atoms with van der Waals surface area (Å²) in [5.41, 5.74) is 10.4. The third kappa shape index (κ3) is 8.48. The van der Waals surface area contributed by atoms with E-state index in [-0.39, 0.29) is 0 Å². The van der Waals surface area contributed by atoms with Gasteiger partial charge in [0.1, 0.15) is 8.64 Å². The lowest BCUT2D eigenvalue weighted by Crippen LogP contribution is -2.05. The van der Waals surface area contributed by atoms with Crippen molar-refractivity contribution in [1.29, 1.82) is 0 Å². The van der Waals surface area contributed by atoms with Crippen LogP contribution in [0, 0.1) is 0 Å². The molecule has 0 aliphatic rings. The predicted molar refractivity (Wildman–Crippen MR) is 53.6 cm³/mol. The van der Waals surface area contributed by atoms with Gasteiger partial charge in [0.15, 0.2) is 0 Å². The third-order valence-corrected chi connectivity index (χ3v) is 2.62. The maximum Gasteiger partial charge on any atom is 0.131 e. The maximum atomic E-state index is 5.18. The molecule has 0 rings (SSSR count). The van der Waals surface area contributed by atoms with Crippen molar-refractivity contribution in [1.82, 2.24) is 0 Å². The van der Waals surface area contributed by atoms with Crippen molar-refractivity contribution in [3.63, 3.8) is 0 Å². The Bertz CT molecular complexity index is 109. The third-order valence-electron chi connectivity index (χ3n) is 0.402. The first-order valence-corrected chi connectivity index (χ1v) is 4.76. The molecule has 0 aromatic rings. The predicted octanol–water partition coefficient (Wildman–Crippen LogP) is 0.898. The summed E-state index contributed by atoms with van der Waals surface area (Å²) >= 11 is 11.9. The lowest BCUT2D eigenvalue weighted by molar-refractivity contribution is 1.90. The molecule has 0 radical (unpaired) electrons. The zero-order valence-corrected chi connectivity index (χ0v) is 7.76. The minimum atomic E-state index is 0.429. The van der Waals surface area contributed by atoms with Crippen LogP contribution >= 0.6 is 48.0 Å². The van der Waals surface area contributed by atoms with E-state index in [1.165, 1.54) is 23.5 Å². The van der Waals surface area contributed by atoms with E-state index >= 15 is 0 Å². The lowest BCUT2D eigenvalue weighted by atomic mass is 11.5. The molecule has 4 N–H and O–H groups in total. The van der Waals surface area contributed by atoms with E-state index < -0.39 is 0 Å². The topological polar surface area (TPSA) is 52.0 Å². The van der Waals surface area contributed by atoms with Crippen LogP contribution in [-0.2, 0) is 0 Å². The first-order chi connectivity index (χ1) is 4.13. The molecule has 0 amide bonds. The van der Waals surface area contributed by atoms with Gasteiger partial charge >= 0.3 is 0 Å². The number of rotatable bonds is 2. The van der Waals surface area contributed by atoms with Crippen molar-refractivity contribution < 1.29 is 0 Å². The molecule has 0 aliphatic carbocycles. The standard InChI is InChI=1S/C3H6N2S4/c4-2(6)8-1-9-3(5)7/h1H2,(H2,4,6)(H2,5,7). The van der Waals surface area contributed by atoms with Crippen molar-refractivity contribution in [3.8, 4) is 0 Å². The largest absolute Gasteiger partial charge is 0.385 e. The first-order valence-electron chi connectivity index (χ1n) is 1.97. The second-order valence-electron chi connectivity index (χ2n) is 1.04. The zero-order valence-electron chi connectivity index (χ0n) is 4.49. The Kier molecular flexibility index (Phi) is 5.56. The number of hydrogen-bond donors (Lipinski definition) is 2. The molecule has 52 valence electrons. The summed E-state index contributed by atoms with van der Waals surface area (Å²) in [5, 5.41) is 0.713. The maximum absolute atomic E-state index is 5.18. The number of thiocarbonyl (C=S) groups is 2. The summed E-state index contributed by atoms with van der Waals surface area (Å²) in [6.07, 6.45) is 0. The Balaban J connectivity index is 3.10. The first kappa shape index (κ1) is 9.48. The van der Waals surface area contributed by atoms with Gasteiger partial charge in [-0.3, -0.25) is 0 Å². The Labute approximate surface area is 73.1 Å². The molecular weight excluding hydrogens is 192 g/mol. The number of nitrogens with two attached hydrogens (primary N) is 2. The summed E-state index contributed by atoms with van der Waals surface area (Å²) in [4.78, 5) is 0. The molecule has 0 unspecified atom stereocenters. The van der Waals surface area contributed by atoms with E-state index in [0.29, 0.717) is 13.7 Å². The minimum Gasteiger partial charge on any atom is -0.385 e. The van der Waals surface area contributed by atoms with Crippen LogP contribution in [0.5, 0.6) is 0 Å². The summed E-state index contributed by atoms with van der Waals surface area (Å²) in [6, 6.07) is 0. The summed E-state index contributed by atoms with van der Waals surface area (Å²) in [7, 11) is 0. The molecular formula is C3H6N2S4. The molecule has 6 heteroatoms. The van der Waals surface area contributed by atoms with Gasteiger partial charge in [0.05, 0.1) is 5.08 Å². The number of hydrogen-bond acceptors (Lipinski definition) is 4. The van der Waals surface area contributed by atoms with Crippen LogP contribution in [0.25, 0.3) is 0 Å². The van der Waals surface area contributed by atoms with E-state index in [2.05, 4.69) is 24.4 Å². The SMILES string of the molecule is NC(=S)SCSC(N)=S. The van der Waals surface area contributed by atoms with Gasteiger partial charge in [0.25, 0.3) is 0 Å². The van der Waals surface area contributed by atoms with Crippen molar-refractivity contribution in [2.45, 2.75) is 0 Å². The second-order valence-corrected chi connectivity index (χ2v) is 4.84. The van der Waals surface area contributed by atoms with Crippen molar-refractivity contribution in [2.24, 2.45) is 11.5 Å². The van der Waals surface area contributed by atoms with Gasteiger partial charge in [-0.15, -0.1) is 0 Å². The van der Waals surface area contributed by atoms with E-state index in [1.807, 2.05) is 0 Å². The molecule has 0 atom stereocenters. The van der Waals surface area contributed by atoms with Gasteiger partial charge < -0.3 is 11.5 Å². The van der Waals surface area contributed by atoms with Gasteiger partial charge in [0, 0.05) is 0 Å². The molecule has 2 nitrogen and oxygen atoms in total. The van der Waals surface area contributed by atoms with Crippen LogP contribution < -0.4 is 11.5 Å². The van der Waals surface area contributed by atoms with Crippen LogP contribution in [0.3, 0.4) is 0 Å². The highest BCUT2D eigenvalue weighted by atomic mass is 32.2. The van der Waals surface area contributed by atoms with Crippen LogP contribution in [0.4, 0.5) is 0 Å². The van der Waals surface area contributed by atoms with Gasteiger partial charge in [-0.1, -0.05) is 48.0 Å². The minimum absolute atomic E-state index is 0.429. The van der Waals surface area contributed by atoms with E-state index in [0.717, 1.165) is 0 Å². The summed E-state index contributed by atoms with van der Waals surface area (Å²) < 4.78 is 0.859. The smallest absolute Gasteiger partial charge is 0.131 e. The molecule has 0 aliphatic heterocycles. The average molecular weight is 198 g/mol. The fraction of sp³-hybridized carbons (Fsp3) is 0.333. The lowest BCUT2D eigenvalue weighted by Gasteiger charge is -1.94. The molecule has 9 heavy (non-hydrogen) atoms. The zero-order chi connectivity index (χ0) is 7.28. The van der Waals surface area contributed by atoms with E-state index in [1.54, 1.807) is 0 Å². The fourth-order valence-electron chi connectivity index (χ4n) is 0.146. The molecule has 0 heterocycles. The molecule has 0 aromatic heterocycles. The molecule has 0 saturated carbocycles. The highest BCUT2D eigenvalue weighted by Crippen LogP contribution is 2.10. The highest BCUT2D eigenvalue weighted by molar-refractivity contribution is 8.35. The van der Waals surface area contributed by atoms with E-state index in [9.17, 15) is 0 Å². The summed E-state index contributed by atoms with van der Waals surface area (Å²) in [5.74, 6) is 0. The molecule has 0 bridgehead atoms. The Morgan fingerprint density at radius 2 is 1.44 bits per heavy atom.